The van der Waals surface area contributed by atoms with Gasteiger partial charge >= 0.3 is 0 Å². The Balaban J connectivity index is 1.41. The van der Waals surface area contributed by atoms with Gasteiger partial charge in [0.25, 0.3) is 0 Å². The zero-order valence-corrected chi connectivity index (χ0v) is 19.5. The van der Waals surface area contributed by atoms with Gasteiger partial charge in [-0.1, -0.05) is 0 Å². The molecule has 3 heterocycles. The summed E-state index contributed by atoms with van der Waals surface area (Å²) in [5.74, 6) is -0.809. The van der Waals surface area contributed by atoms with Crippen LogP contribution in [0.4, 0.5) is 15.8 Å². The number of aryl methyl sites for hydroxylation is 1. The Morgan fingerprint density at radius 1 is 1.23 bits per heavy atom. The highest BCUT2D eigenvalue weighted by Gasteiger charge is 2.41. The first kappa shape index (κ1) is 23.0. The number of aromatic nitrogens is 1. The van der Waals surface area contributed by atoms with Gasteiger partial charge in [-0.3, -0.25) is 9.69 Å². The number of carbonyl (C=O) groups excluding carboxylic acids is 1. The van der Waals surface area contributed by atoms with Gasteiger partial charge in [0.05, 0.1) is 0 Å². The van der Waals surface area contributed by atoms with Crippen molar-refractivity contribution in [3.8, 4) is 5.75 Å². The van der Waals surface area contributed by atoms with Gasteiger partial charge in [-0.05, 0) is 55.8 Å². The number of aliphatic hydroxyl groups is 1. The van der Waals surface area contributed by atoms with Crippen molar-refractivity contribution in [2.75, 3.05) is 23.7 Å². The Kier molecular flexibility index (Phi) is 6.23. The van der Waals surface area contributed by atoms with E-state index in [1.54, 1.807) is 42.5 Å². The van der Waals surface area contributed by atoms with E-state index in [1.165, 1.54) is 13.3 Å². The van der Waals surface area contributed by atoms with Crippen molar-refractivity contribution in [1.29, 1.82) is 0 Å². The van der Waals surface area contributed by atoms with Gasteiger partial charge in [0, 0.05) is 48.0 Å². The lowest BCUT2D eigenvalue weighted by atomic mass is 9.99. The maximum absolute atomic E-state index is 15.2. The highest BCUT2D eigenvalue weighted by atomic mass is 19.1. The summed E-state index contributed by atoms with van der Waals surface area (Å²) in [5, 5.41) is 17.6. The van der Waals surface area contributed by atoms with Crippen LogP contribution < -0.4 is 15.4 Å². The largest absolute Gasteiger partial charge is 0.465 e. The van der Waals surface area contributed by atoms with E-state index in [4.69, 9.17) is 4.74 Å². The van der Waals surface area contributed by atoms with Crippen LogP contribution in [0.1, 0.15) is 19.0 Å². The molecule has 35 heavy (non-hydrogen) atoms. The number of halogens is 1. The normalized spacial score (nSPS) is 20.7. The number of carbonyl (C=O) groups is 1. The lowest BCUT2D eigenvalue weighted by Crippen LogP contribution is -2.56. The number of aromatic amines is 1. The molecule has 9 nitrogen and oxygen atoms in total. The van der Waals surface area contributed by atoms with Gasteiger partial charge in [-0.2, -0.15) is 0 Å². The molecule has 1 saturated heterocycles. The molecule has 3 atom stereocenters. The summed E-state index contributed by atoms with van der Waals surface area (Å²) < 4.78 is 21.3. The minimum absolute atomic E-state index is 0.0559. The molecule has 2 aliphatic rings. The van der Waals surface area contributed by atoms with Gasteiger partial charge in [0.15, 0.2) is 11.6 Å². The third kappa shape index (κ3) is 4.75. The zero-order chi connectivity index (χ0) is 24.5. The van der Waals surface area contributed by atoms with Crippen molar-refractivity contribution >= 4 is 40.4 Å². The molecule has 2 aromatic carbocycles. The standard InChI is InChI=1S/C25H27FN6O3/c1-14-12-18-19(29-14)8-9-20(22(18)26)35-24-21(25(34)32-10-3-11-32)23(27-13-28-24)31-17-6-4-16(5-7-17)30-15(2)33/h4-9,12-13,21,24-25,29,34H,3,10-11H2,1-2H3,(H,30,33)(H,27,28,31). The monoisotopic (exact) mass is 478 g/mol. The van der Waals surface area contributed by atoms with Gasteiger partial charge in [-0.15, -0.1) is 0 Å². The second-order valence-corrected chi connectivity index (χ2v) is 8.79. The molecule has 5 rings (SSSR count). The molecule has 4 N–H and O–H groups in total. The summed E-state index contributed by atoms with van der Waals surface area (Å²) in [6, 6.07) is 12.2. The lowest BCUT2D eigenvalue weighted by Gasteiger charge is -2.41. The Bertz CT molecular complexity index is 1300. The first-order valence-electron chi connectivity index (χ1n) is 11.5. The third-order valence-electron chi connectivity index (χ3n) is 6.18. The van der Waals surface area contributed by atoms with Crippen LogP contribution >= 0.6 is 0 Å². The van der Waals surface area contributed by atoms with Crippen LogP contribution in [0.5, 0.6) is 5.75 Å². The molecule has 3 unspecified atom stereocenters. The van der Waals surface area contributed by atoms with Gasteiger partial charge in [-0.25, -0.2) is 14.4 Å². The molecule has 0 aliphatic carbocycles. The number of nitrogens with one attached hydrogen (secondary N) is 3. The number of benzene rings is 2. The number of nitrogens with zero attached hydrogens (tertiary/aromatic N) is 3. The van der Waals surface area contributed by atoms with E-state index in [2.05, 4.69) is 25.6 Å². The Morgan fingerprint density at radius 2 is 1.97 bits per heavy atom. The van der Waals surface area contributed by atoms with Crippen LogP contribution in [0.2, 0.25) is 0 Å². The van der Waals surface area contributed by atoms with E-state index < -0.39 is 24.2 Å². The SMILES string of the molecule is CC(=O)Nc1ccc(NC2=NC=NC(Oc3ccc4[nH]c(C)cc4c3F)C2C(O)N2CCC2)cc1. The van der Waals surface area contributed by atoms with Crippen LogP contribution in [0.25, 0.3) is 10.9 Å². The van der Waals surface area contributed by atoms with E-state index in [-0.39, 0.29) is 11.7 Å². The Labute approximate surface area is 201 Å². The maximum atomic E-state index is 15.2. The van der Waals surface area contributed by atoms with Crippen molar-refractivity contribution in [2.45, 2.75) is 32.7 Å². The first-order chi connectivity index (χ1) is 16.9. The van der Waals surface area contributed by atoms with Crippen LogP contribution in [0.15, 0.2) is 52.4 Å². The van der Waals surface area contributed by atoms with Crippen LogP contribution in [0.3, 0.4) is 0 Å². The number of anilines is 2. The van der Waals surface area contributed by atoms with E-state index in [1.807, 2.05) is 11.8 Å². The van der Waals surface area contributed by atoms with Crippen LogP contribution in [-0.2, 0) is 4.79 Å². The van der Waals surface area contributed by atoms with Crippen molar-refractivity contribution in [1.82, 2.24) is 9.88 Å². The molecular weight excluding hydrogens is 451 g/mol. The van der Waals surface area contributed by atoms with E-state index in [0.29, 0.717) is 28.1 Å². The molecule has 3 aromatic rings. The average molecular weight is 479 g/mol. The topological polar surface area (TPSA) is 114 Å². The quantitative estimate of drug-likeness (QED) is 0.433. The number of hydrogen-bond acceptors (Lipinski definition) is 7. The minimum atomic E-state index is -0.919. The van der Waals surface area contributed by atoms with Crippen molar-refractivity contribution in [2.24, 2.45) is 15.9 Å². The summed E-state index contributed by atoms with van der Waals surface area (Å²) in [6.07, 6.45) is 0.532. The van der Waals surface area contributed by atoms with Crippen LogP contribution in [0, 0.1) is 18.7 Å². The van der Waals surface area contributed by atoms with E-state index >= 15 is 4.39 Å². The molecule has 1 aromatic heterocycles. The number of aliphatic hydroxyl groups excluding tert-OH is 1. The summed E-state index contributed by atoms with van der Waals surface area (Å²) in [5.41, 5.74) is 2.91. The van der Waals surface area contributed by atoms with E-state index in [9.17, 15) is 9.90 Å². The number of rotatable bonds is 6. The van der Waals surface area contributed by atoms with Gasteiger partial charge < -0.3 is 25.5 Å². The second-order valence-electron chi connectivity index (χ2n) is 8.79. The molecule has 0 spiro atoms. The molecule has 0 bridgehead atoms. The molecule has 0 saturated carbocycles. The van der Waals surface area contributed by atoms with Gasteiger partial charge in [0.1, 0.15) is 24.3 Å². The van der Waals surface area contributed by atoms with Gasteiger partial charge in [0.2, 0.25) is 12.1 Å². The highest BCUT2D eigenvalue weighted by molar-refractivity contribution is 6.03. The molecule has 0 radical (unpaired) electrons. The number of amides is 1. The summed E-state index contributed by atoms with van der Waals surface area (Å²) in [4.78, 5) is 25.0. The average Bonchev–Trinajstić information content (AvgIpc) is 3.17. The molecule has 1 fully saturated rings. The summed E-state index contributed by atoms with van der Waals surface area (Å²) in [7, 11) is 0. The Hall–Kier alpha value is -3.76. The van der Waals surface area contributed by atoms with Crippen molar-refractivity contribution in [3.63, 3.8) is 0 Å². The number of H-pyrrole nitrogens is 1. The van der Waals surface area contributed by atoms with Crippen LogP contribution in [-0.4, -0.2) is 58.6 Å². The van der Waals surface area contributed by atoms with Crippen molar-refractivity contribution in [3.05, 3.63) is 54.0 Å². The predicted octanol–water partition coefficient (Wildman–Crippen LogP) is 3.47. The summed E-state index contributed by atoms with van der Waals surface area (Å²) >= 11 is 0. The fourth-order valence-corrected chi connectivity index (χ4v) is 4.31. The number of amidine groups is 1. The summed E-state index contributed by atoms with van der Waals surface area (Å²) in [6.45, 7) is 4.80. The Morgan fingerprint density at radius 3 is 2.66 bits per heavy atom. The first-order valence-corrected chi connectivity index (χ1v) is 11.5. The van der Waals surface area contributed by atoms with E-state index in [0.717, 1.165) is 25.2 Å². The third-order valence-corrected chi connectivity index (χ3v) is 6.18. The molecule has 182 valence electrons. The number of fused-ring (bicyclic) bond motifs is 1. The molecule has 2 aliphatic heterocycles. The molecule has 1 amide bonds. The zero-order valence-electron chi connectivity index (χ0n) is 19.5. The maximum Gasteiger partial charge on any atom is 0.221 e. The smallest absolute Gasteiger partial charge is 0.221 e. The molecule has 10 heteroatoms. The lowest BCUT2D eigenvalue weighted by molar-refractivity contribution is -0.114. The number of ether oxygens (including phenoxy) is 1. The molecular formula is C25H27FN6O3. The minimum Gasteiger partial charge on any atom is -0.465 e. The fraction of sp³-hybridized carbons (Fsp3) is 0.320. The number of likely N-dealkylation sites (tertiary alicyclic amines) is 1. The van der Waals surface area contributed by atoms with Crippen molar-refractivity contribution < 1.29 is 19.0 Å². The second kappa shape index (κ2) is 9.47. The number of hydrogen-bond donors (Lipinski definition) is 4. The highest BCUT2D eigenvalue weighted by Crippen LogP contribution is 2.32. The predicted molar refractivity (Wildman–Crippen MR) is 133 cm³/mol. The number of aliphatic imine (C=N–C) groups is 2. The fourth-order valence-electron chi connectivity index (χ4n) is 4.31.